The number of hydrogen-bond donors (Lipinski definition) is 0. The minimum Gasteiger partial charge on any atom is -0.365 e. The second-order valence-corrected chi connectivity index (χ2v) is 6.84. The van der Waals surface area contributed by atoms with Gasteiger partial charge in [0.2, 0.25) is 0 Å². The summed E-state index contributed by atoms with van der Waals surface area (Å²) in [5.74, 6) is 1.18. The summed E-state index contributed by atoms with van der Waals surface area (Å²) in [5, 5.41) is 2.38. The van der Waals surface area contributed by atoms with Gasteiger partial charge in [-0.25, -0.2) is 0 Å². The summed E-state index contributed by atoms with van der Waals surface area (Å²) in [5.41, 5.74) is 2.49. The molecule has 0 amide bonds. The fourth-order valence-corrected chi connectivity index (χ4v) is 4.09. The molecule has 0 bridgehead atoms. The Morgan fingerprint density at radius 3 is 2.94 bits per heavy atom. The first-order chi connectivity index (χ1) is 8.15. The first-order valence-corrected chi connectivity index (χ1v) is 8.41. The molecule has 17 heavy (non-hydrogen) atoms. The highest BCUT2D eigenvalue weighted by Crippen LogP contribution is 2.36. The molecule has 1 aliphatic rings. The third-order valence-corrected chi connectivity index (χ3v) is 5.63. The van der Waals surface area contributed by atoms with Crippen molar-refractivity contribution in [3.05, 3.63) is 28.8 Å². The molecule has 2 rings (SSSR count). The molecule has 0 radical (unpaired) electrons. The van der Waals surface area contributed by atoms with Gasteiger partial charge in [-0.1, -0.05) is 46.6 Å². The highest BCUT2D eigenvalue weighted by atomic mass is 79.9. The molecule has 1 saturated heterocycles. The molecule has 4 heteroatoms. The van der Waals surface area contributed by atoms with Crippen LogP contribution in [-0.4, -0.2) is 23.6 Å². The van der Waals surface area contributed by atoms with Crippen molar-refractivity contribution in [1.29, 1.82) is 0 Å². The van der Waals surface area contributed by atoms with E-state index in [4.69, 9.17) is 11.6 Å². The van der Waals surface area contributed by atoms with E-state index in [1.54, 1.807) is 0 Å². The molecule has 2 atom stereocenters. The molecule has 0 aromatic heterocycles. The van der Waals surface area contributed by atoms with Gasteiger partial charge in [0.15, 0.2) is 0 Å². The normalized spacial score (nSPS) is 25.1. The SMILES string of the molecule is CC1SCCN(c2c(Cl)cccc2CBr)C1C. The van der Waals surface area contributed by atoms with E-state index in [1.165, 1.54) is 17.0 Å². The Balaban J connectivity index is 2.38. The summed E-state index contributed by atoms with van der Waals surface area (Å²) >= 11 is 12.0. The third-order valence-electron chi connectivity index (χ3n) is 3.39. The van der Waals surface area contributed by atoms with Crippen LogP contribution >= 0.6 is 39.3 Å². The zero-order valence-corrected chi connectivity index (χ0v) is 13.3. The second kappa shape index (κ2) is 5.85. The van der Waals surface area contributed by atoms with Gasteiger partial charge >= 0.3 is 0 Å². The Morgan fingerprint density at radius 2 is 2.24 bits per heavy atom. The Hall–Kier alpha value is 0.140. The van der Waals surface area contributed by atoms with E-state index < -0.39 is 0 Å². The van der Waals surface area contributed by atoms with Crippen molar-refractivity contribution >= 4 is 45.0 Å². The first kappa shape index (κ1) is 13.6. The lowest BCUT2D eigenvalue weighted by atomic mass is 10.1. The van der Waals surface area contributed by atoms with Crippen LogP contribution in [0.3, 0.4) is 0 Å². The van der Waals surface area contributed by atoms with Crippen LogP contribution in [-0.2, 0) is 5.33 Å². The van der Waals surface area contributed by atoms with Gasteiger partial charge in [-0.3, -0.25) is 0 Å². The molecule has 0 N–H and O–H groups in total. The largest absolute Gasteiger partial charge is 0.365 e. The van der Waals surface area contributed by atoms with Crippen molar-refractivity contribution in [3.63, 3.8) is 0 Å². The molecule has 1 nitrogen and oxygen atoms in total. The smallest absolute Gasteiger partial charge is 0.0642 e. The van der Waals surface area contributed by atoms with E-state index >= 15 is 0 Å². The van der Waals surface area contributed by atoms with Crippen molar-refractivity contribution in [2.24, 2.45) is 0 Å². The first-order valence-electron chi connectivity index (χ1n) is 5.86. The van der Waals surface area contributed by atoms with Crippen LogP contribution in [0.25, 0.3) is 0 Å². The Kier molecular flexibility index (Phi) is 4.67. The van der Waals surface area contributed by atoms with Crippen LogP contribution in [0.15, 0.2) is 18.2 Å². The summed E-state index contributed by atoms with van der Waals surface area (Å²) in [7, 11) is 0. The Labute approximate surface area is 121 Å². The number of anilines is 1. The van der Waals surface area contributed by atoms with Crippen LogP contribution < -0.4 is 4.90 Å². The maximum Gasteiger partial charge on any atom is 0.0642 e. The molecule has 0 saturated carbocycles. The molecular formula is C13H17BrClNS. The zero-order valence-electron chi connectivity index (χ0n) is 10.1. The molecule has 1 aromatic rings. The number of halogens is 2. The van der Waals surface area contributed by atoms with E-state index in [0.717, 1.165) is 16.9 Å². The van der Waals surface area contributed by atoms with E-state index in [-0.39, 0.29) is 0 Å². The van der Waals surface area contributed by atoms with E-state index in [0.29, 0.717) is 11.3 Å². The van der Waals surface area contributed by atoms with Crippen molar-refractivity contribution in [2.75, 3.05) is 17.2 Å². The molecule has 1 aromatic carbocycles. The molecule has 2 unspecified atom stereocenters. The monoisotopic (exact) mass is 333 g/mol. The van der Waals surface area contributed by atoms with Gasteiger partial charge in [-0.15, -0.1) is 0 Å². The summed E-state index contributed by atoms with van der Waals surface area (Å²) in [6.07, 6.45) is 0. The number of benzene rings is 1. The van der Waals surface area contributed by atoms with Gasteiger partial charge in [0, 0.05) is 28.9 Å². The van der Waals surface area contributed by atoms with E-state index in [9.17, 15) is 0 Å². The van der Waals surface area contributed by atoms with Gasteiger partial charge in [0.05, 0.1) is 10.7 Å². The zero-order chi connectivity index (χ0) is 12.4. The number of alkyl halides is 1. The fourth-order valence-electron chi connectivity index (χ4n) is 2.24. The lowest BCUT2D eigenvalue weighted by molar-refractivity contribution is 0.626. The van der Waals surface area contributed by atoms with Crippen LogP contribution in [0.4, 0.5) is 5.69 Å². The maximum absolute atomic E-state index is 6.39. The third kappa shape index (κ3) is 2.77. The molecule has 1 fully saturated rings. The molecule has 0 spiro atoms. The molecule has 1 heterocycles. The molecular weight excluding hydrogens is 318 g/mol. The predicted molar refractivity (Wildman–Crippen MR) is 82.8 cm³/mol. The predicted octanol–water partition coefficient (Wildman–Crippen LogP) is 4.57. The Bertz CT molecular complexity index is 399. The quantitative estimate of drug-likeness (QED) is 0.729. The van der Waals surface area contributed by atoms with Crippen LogP contribution in [0.1, 0.15) is 19.4 Å². The van der Waals surface area contributed by atoms with Crippen LogP contribution in [0.2, 0.25) is 5.02 Å². The maximum atomic E-state index is 6.39. The summed E-state index contributed by atoms with van der Waals surface area (Å²) < 4.78 is 0. The average molecular weight is 335 g/mol. The van der Waals surface area contributed by atoms with Gasteiger partial charge in [0.1, 0.15) is 0 Å². The fraction of sp³-hybridized carbons (Fsp3) is 0.538. The highest BCUT2D eigenvalue weighted by molar-refractivity contribution is 9.08. The highest BCUT2D eigenvalue weighted by Gasteiger charge is 2.27. The minimum atomic E-state index is 0.534. The van der Waals surface area contributed by atoms with Gasteiger partial charge in [-0.2, -0.15) is 11.8 Å². The van der Waals surface area contributed by atoms with Crippen molar-refractivity contribution < 1.29 is 0 Å². The number of thioether (sulfide) groups is 1. The lowest BCUT2D eigenvalue weighted by Gasteiger charge is -2.40. The van der Waals surface area contributed by atoms with Crippen LogP contribution in [0, 0.1) is 0 Å². The lowest BCUT2D eigenvalue weighted by Crippen LogP contribution is -2.45. The van der Waals surface area contributed by atoms with Gasteiger partial charge in [-0.05, 0) is 18.6 Å². The van der Waals surface area contributed by atoms with Gasteiger partial charge < -0.3 is 4.90 Å². The van der Waals surface area contributed by atoms with Crippen molar-refractivity contribution in [2.45, 2.75) is 30.5 Å². The Morgan fingerprint density at radius 1 is 1.47 bits per heavy atom. The average Bonchev–Trinajstić information content (AvgIpc) is 2.33. The minimum absolute atomic E-state index is 0.534. The van der Waals surface area contributed by atoms with E-state index in [1.807, 2.05) is 23.9 Å². The number of rotatable bonds is 2. The molecule has 0 aliphatic carbocycles. The number of para-hydroxylation sites is 1. The standard InChI is InChI=1S/C13H17BrClNS/c1-9-10(2)17-7-6-16(9)13-11(8-14)4-3-5-12(13)15/h3-5,9-10H,6-8H2,1-2H3. The summed E-state index contributed by atoms with van der Waals surface area (Å²) in [6.45, 7) is 5.67. The summed E-state index contributed by atoms with van der Waals surface area (Å²) in [6, 6.07) is 6.69. The topological polar surface area (TPSA) is 3.24 Å². The van der Waals surface area contributed by atoms with Crippen LogP contribution in [0.5, 0.6) is 0 Å². The number of nitrogens with zero attached hydrogens (tertiary/aromatic N) is 1. The second-order valence-electron chi connectivity index (χ2n) is 4.39. The van der Waals surface area contributed by atoms with E-state index in [2.05, 4.69) is 40.7 Å². The number of hydrogen-bond acceptors (Lipinski definition) is 2. The van der Waals surface area contributed by atoms with Crippen molar-refractivity contribution in [1.82, 2.24) is 0 Å². The summed E-state index contributed by atoms with van der Waals surface area (Å²) in [4.78, 5) is 2.46. The molecule has 1 aliphatic heterocycles. The van der Waals surface area contributed by atoms with Crippen molar-refractivity contribution in [3.8, 4) is 0 Å². The van der Waals surface area contributed by atoms with Gasteiger partial charge in [0.25, 0.3) is 0 Å². The molecule has 94 valence electrons.